The zero-order valence-corrected chi connectivity index (χ0v) is 14.3. The first-order valence-electron chi connectivity index (χ1n) is 7.12. The first kappa shape index (κ1) is 17.7. The van der Waals surface area contributed by atoms with Crippen molar-refractivity contribution >= 4 is 21.4 Å². The Bertz CT molecular complexity index is 951. The molecule has 2 aromatic carbocycles. The summed E-state index contributed by atoms with van der Waals surface area (Å²) in [7, 11) is -4.21. The third kappa shape index (κ3) is 4.09. The Balaban J connectivity index is 2.01. The maximum absolute atomic E-state index is 13.4. The highest BCUT2D eigenvalue weighted by molar-refractivity contribution is 7.89. The van der Waals surface area contributed by atoms with Gasteiger partial charge in [-0.2, -0.15) is 4.72 Å². The van der Waals surface area contributed by atoms with Gasteiger partial charge in [-0.1, -0.05) is 18.2 Å². The van der Waals surface area contributed by atoms with E-state index in [4.69, 9.17) is 0 Å². The summed E-state index contributed by atoms with van der Waals surface area (Å²) in [6, 6.07) is 10.1. The zero-order chi connectivity index (χ0) is 18.0. The second-order valence-corrected chi connectivity index (χ2v) is 7.92. The van der Waals surface area contributed by atoms with Crippen molar-refractivity contribution in [2.75, 3.05) is 0 Å². The van der Waals surface area contributed by atoms with Crippen LogP contribution in [0.1, 0.15) is 16.5 Å². The summed E-state index contributed by atoms with van der Waals surface area (Å²) in [5.41, 5.74) is 0.504. The summed E-state index contributed by atoms with van der Waals surface area (Å²) in [6.07, 6.45) is 0. The molecule has 3 aromatic rings. The Morgan fingerprint density at radius 2 is 1.52 bits per heavy atom. The summed E-state index contributed by atoms with van der Waals surface area (Å²) in [5.74, 6) is -2.44. The summed E-state index contributed by atoms with van der Waals surface area (Å²) in [6.45, 7) is 0. The lowest BCUT2D eigenvalue weighted by molar-refractivity contribution is 0.557. The average Bonchev–Trinajstić information content (AvgIpc) is 3.07. The largest absolute Gasteiger partial charge is 0.241 e. The monoisotopic (exact) mass is 383 g/mol. The van der Waals surface area contributed by atoms with E-state index in [9.17, 15) is 21.6 Å². The van der Waals surface area contributed by atoms with Crippen LogP contribution in [0.25, 0.3) is 0 Å². The smallest absolute Gasteiger partial charge is 0.207 e. The van der Waals surface area contributed by atoms with Crippen molar-refractivity contribution in [2.24, 2.45) is 0 Å². The first-order chi connectivity index (χ1) is 11.8. The molecule has 0 saturated heterocycles. The van der Waals surface area contributed by atoms with Crippen molar-refractivity contribution in [1.29, 1.82) is 0 Å². The Morgan fingerprint density at radius 1 is 0.880 bits per heavy atom. The predicted octanol–water partition coefficient (Wildman–Crippen LogP) is 4.23. The molecule has 0 amide bonds. The van der Waals surface area contributed by atoms with Gasteiger partial charge >= 0.3 is 0 Å². The van der Waals surface area contributed by atoms with Crippen LogP contribution in [0, 0.1) is 17.5 Å². The lowest BCUT2D eigenvalue weighted by Crippen LogP contribution is -2.29. The average molecular weight is 383 g/mol. The molecule has 0 fully saturated rings. The van der Waals surface area contributed by atoms with Crippen molar-refractivity contribution in [2.45, 2.75) is 10.9 Å². The highest BCUT2D eigenvalue weighted by atomic mass is 32.2. The van der Waals surface area contributed by atoms with Crippen LogP contribution in [0.3, 0.4) is 0 Å². The summed E-state index contributed by atoms with van der Waals surface area (Å²) in [4.78, 5) is 0.140. The van der Waals surface area contributed by atoms with Gasteiger partial charge in [0.25, 0.3) is 0 Å². The number of sulfonamides is 1. The Labute approximate surface area is 146 Å². The molecule has 3 nitrogen and oxygen atoms in total. The molecule has 0 aliphatic heterocycles. The van der Waals surface area contributed by atoms with Crippen LogP contribution in [0.2, 0.25) is 0 Å². The summed E-state index contributed by atoms with van der Waals surface area (Å²) in [5, 5.41) is 1.77. The number of halogens is 3. The molecule has 1 aromatic heterocycles. The molecule has 0 unspecified atom stereocenters. The second kappa shape index (κ2) is 6.99. The lowest BCUT2D eigenvalue weighted by atomic mass is 10.1. The van der Waals surface area contributed by atoms with Crippen LogP contribution in [-0.4, -0.2) is 8.42 Å². The van der Waals surface area contributed by atoms with Gasteiger partial charge in [0.05, 0.1) is 10.9 Å². The molecule has 0 aliphatic rings. The second-order valence-electron chi connectivity index (χ2n) is 5.23. The van der Waals surface area contributed by atoms with E-state index in [0.29, 0.717) is 16.5 Å². The number of benzene rings is 2. The molecule has 1 atom stereocenters. The van der Waals surface area contributed by atoms with Crippen molar-refractivity contribution in [3.63, 3.8) is 0 Å². The van der Waals surface area contributed by atoms with E-state index in [0.717, 1.165) is 12.1 Å². The molecule has 25 heavy (non-hydrogen) atoms. The fraction of sp³-hybridized carbons (Fsp3) is 0.0588. The molecule has 3 rings (SSSR count). The summed E-state index contributed by atoms with van der Waals surface area (Å²) >= 11 is 1.30. The van der Waals surface area contributed by atoms with E-state index in [1.165, 1.54) is 35.6 Å². The van der Waals surface area contributed by atoms with Gasteiger partial charge in [-0.15, -0.1) is 11.3 Å². The summed E-state index contributed by atoms with van der Waals surface area (Å²) < 4.78 is 67.5. The van der Waals surface area contributed by atoms with E-state index in [2.05, 4.69) is 4.72 Å². The van der Waals surface area contributed by atoms with Gasteiger partial charge in [0.15, 0.2) is 0 Å². The highest BCUT2D eigenvalue weighted by Gasteiger charge is 2.24. The number of nitrogens with one attached hydrogen (secondary N) is 1. The minimum atomic E-state index is -4.21. The number of rotatable bonds is 5. The fourth-order valence-electron chi connectivity index (χ4n) is 2.31. The maximum Gasteiger partial charge on any atom is 0.241 e. The van der Waals surface area contributed by atoms with Gasteiger partial charge in [0.2, 0.25) is 10.0 Å². The van der Waals surface area contributed by atoms with E-state index >= 15 is 0 Å². The van der Waals surface area contributed by atoms with Crippen molar-refractivity contribution in [1.82, 2.24) is 4.72 Å². The van der Waals surface area contributed by atoms with Crippen LogP contribution in [0.4, 0.5) is 13.2 Å². The van der Waals surface area contributed by atoms with Crippen LogP contribution < -0.4 is 4.72 Å². The predicted molar refractivity (Wildman–Crippen MR) is 89.2 cm³/mol. The van der Waals surface area contributed by atoms with Gasteiger partial charge in [-0.25, -0.2) is 21.6 Å². The van der Waals surface area contributed by atoms with E-state index in [1.54, 1.807) is 17.5 Å². The quantitative estimate of drug-likeness (QED) is 0.717. The molecule has 1 heterocycles. The molecule has 0 spiro atoms. The van der Waals surface area contributed by atoms with Gasteiger partial charge in [-0.05, 0) is 41.3 Å². The molecule has 130 valence electrons. The number of thiophene rings is 1. The van der Waals surface area contributed by atoms with Gasteiger partial charge in [-0.3, -0.25) is 0 Å². The van der Waals surface area contributed by atoms with Crippen molar-refractivity contribution in [3.8, 4) is 0 Å². The topological polar surface area (TPSA) is 46.2 Å². The zero-order valence-electron chi connectivity index (χ0n) is 12.6. The first-order valence-corrected chi connectivity index (χ1v) is 9.49. The van der Waals surface area contributed by atoms with E-state index < -0.39 is 38.4 Å². The van der Waals surface area contributed by atoms with Crippen LogP contribution in [0.5, 0.6) is 0 Å². The van der Waals surface area contributed by atoms with E-state index in [1.807, 2.05) is 0 Å². The van der Waals surface area contributed by atoms with Crippen molar-refractivity contribution < 1.29 is 21.6 Å². The van der Waals surface area contributed by atoms with Gasteiger partial charge < -0.3 is 0 Å². The number of hydrogen-bond acceptors (Lipinski definition) is 3. The third-order valence-corrected chi connectivity index (χ3v) is 5.79. The Morgan fingerprint density at radius 3 is 2.08 bits per heavy atom. The minimum Gasteiger partial charge on any atom is -0.207 e. The lowest BCUT2D eigenvalue weighted by Gasteiger charge is -2.18. The molecule has 0 bridgehead atoms. The number of hydrogen-bond donors (Lipinski definition) is 1. The molecule has 0 radical (unpaired) electrons. The van der Waals surface area contributed by atoms with Gasteiger partial charge in [0.1, 0.15) is 17.5 Å². The van der Waals surface area contributed by atoms with Crippen molar-refractivity contribution in [3.05, 3.63) is 87.9 Å². The molecule has 8 heteroatoms. The minimum absolute atomic E-state index is 0.455. The maximum atomic E-state index is 13.4. The van der Waals surface area contributed by atoms with Crippen LogP contribution >= 0.6 is 11.3 Å². The normalized spacial score (nSPS) is 12.9. The molecular formula is C17H12F3NO2S2. The Kier molecular flexibility index (Phi) is 4.94. The van der Waals surface area contributed by atoms with Crippen LogP contribution in [0.15, 0.2) is 64.9 Å². The SMILES string of the molecule is O=S(=O)(N[C@@H](c1ccc(F)cc1)c1cccs1)c1cc(F)cc(F)c1. The van der Waals surface area contributed by atoms with Crippen LogP contribution in [-0.2, 0) is 10.0 Å². The molecular weight excluding hydrogens is 371 g/mol. The standard InChI is InChI=1S/C17H12F3NO2S2/c18-12-5-3-11(4-6-12)17(16-2-1-7-24-16)21-25(22,23)15-9-13(19)8-14(20)10-15/h1-10,17,21H/t17-/m0/s1. The van der Waals surface area contributed by atoms with Gasteiger partial charge in [0, 0.05) is 10.9 Å². The highest BCUT2D eigenvalue weighted by Crippen LogP contribution is 2.28. The molecule has 1 N–H and O–H groups in total. The van der Waals surface area contributed by atoms with E-state index in [-0.39, 0.29) is 0 Å². The molecule has 0 saturated carbocycles. The Hall–Kier alpha value is -2.16. The fourth-order valence-corrected chi connectivity index (χ4v) is 4.43. The molecule has 0 aliphatic carbocycles. The third-order valence-electron chi connectivity index (χ3n) is 3.45.